The van der Waals surface area contributed by atoms with Crippen LogP contribution in [0.2, 0.25) is 0 Å². The average Bonchev–Trinajstić information content (AvgIpc) is 3.13. The fraction of sp³-hybridized carbons (Fsp3) is 0.217. The summed E-state index contributed by atoms with van der Waals surface area (Å²) in [6.07, 6.45) is 0. The highest BCUT2D eigenvalue weighted by Gasteiger charge is 2.15. The molecule has 164 valence electrons. The van der Waals surface area contributed by atoms with Gasteiger partial charge in [-0.25, -0.2) is 18.9 Å². The predicted octanol–water partition coefficient (Wildman–Crippen LogP) is 2.20. The number of rotatable bonds is 7. The highest BCUT2D eigenvalue weighted by atomic mass is 16.5. The van der Waals surface area contributed by atoms with Gasteiger partial charge in [0.05, 0.1) is 19.9 Å². The van der Waals surface area contributed by atoms with Gasteiger partial charge in [0.1, 0.15) is 23.9 Å². The molecule has 0 aliphatic heterocycles. The van der Waals surface area contributed by atoms with Crippen LogP contribution in [-0.4, -0.2) is 39.3 Å². The number of carbonyl (C=O) groups excluding carboxylic acids is 1. The van der Waals surface area contributed by atoms with Crippen LogP contribution in [0.3, 0.4) is 0 Å². The molecule has 4 rings (SSSR count). The van der Waals surface area contributed by atoms with Crippen LogP contribution >= 0.6 is 0 Å². The summed E-state index contributed by atoms with van der Waals surface area (Å²) in [4.78, 5) is 29.7. The van der Waals surface area contributed by atoms with E-state index in [0.29, 0.717) is 29.5 Å². The molecule has 0 saturated heterocycles. The Hall–Kier alpha value is -4.14. The van der Waals surface area contributed by atoms with Crippen LogP contribution in [-0.2, 0) is 17.9 Å². The number of fused-ring (bicyclic) bond motifs is 1. The largest absolute Gasteiger partial charge is 0.497 e. The third-order valence-corrected chi connectivity index (χ3v) is 5.04. The topological polar surface area (TPSA) is 99.8 Å². The Labute approximate surface area is 184 Å². The van der Waals surface area contributed by atoms with Gasteiger partial charge < -0.3 is 14.8 Å². The van der Waals surface area contributed by atoms with E-state index in [1.54, 1.807) is 27.2 Å². The van der Waals surface area contributed by atoms with Gasteiger partial charge in [-0.1, -0.05) is 12.1 Å². The lowest BCUT2D eigenvalue weighted by Gasteiger charge is -2.06. The summed E-state index contributed by atoms with van der Waals surface area (Å²) in [6, 6.07) is 16.6. The minimum atomic E-state index is -0.414. The Kier molecular flexibility index (Phi) is 5.89. The van der Waals surface area contributed by atoms with Crippen LogP contribution in [0.15, 0.2) is 59.4 Å². The molecule has 9 heteroatoms. The molecule has 32 heavy (non-hydrogen) atoms. The van der Waals surface area contributed by atoms with E-state index in [1.807, 2.05) is 48.5 Å². The number of hydrogen-bond donors (Lipinski definition) is 1. The van der Waals surface area contributed by atoms with E-state index in [9.17, 15) is 9.59 Å². The van der Waals surface area contributed by atoms with E-state index in [-0.39, 0.29) is 12.5 Å². The first-order valence-corrected chi connectivity index (χ1v) is 10.00. The molecule has 0 radical (unpaired) electrons. The Balaban J connectivity index is 1.53. The Morgan fingerprint density at radius 3 is 2.50 bits per heavy atom. The number of aryl methyl sites for hydroxylation is 1. The van der Waals surface area contributed by atoms with E-state index in [2.05, 4.69) is 15.4 Å². The third-order valence-electron chi connectivity index (χ3n) is 5.04. The maximum atomic E-state index is 12.8. The number of benzene rings is 2. The highest BCUT2D eigenvalue weighted by molar-refractivity contribution is 5.75. The zero-order chi connectivity index (χ0) is 22.7. The molecule has 0 spiro atoms. The second kappa shape index (κ2) is 8.93. The summed E-state index contributed by atoms with van der Waals surface area (Å²) in [5.74, 6) is 1.62. The summed E-state index contributed by atoms with van der Waals surface area (Å²) in [7, 11) is 3.19. The van der Waals surface area contributed by atoms with Gasteiger partial charge in [0, 0.05) is 18.2 Å². The zero-order valence-electron chi connectivity index (χ0n) is 18.0. The summed E-state index contributed by atoms with van der Waals surface area (Å²) in [5, 5.41) is 7.14. The molecule has 0 unspecified atom stereocenters. The second-order valence-corrected chi connectivity index (χ2v) is 7.18. The van der Waals surface area contributed by atoms with E-state index in [0.717, 1.165) is 21.6 Å². The zero-order valence-corrected chi connectivity index (χ0v) is 18.0. The van der Waals surface area contributed by atoms with E-state index in [4.69, 9.17) is 9.47 Å². The first-order chi connectivity index (χ1) is 15.5. The van der Waals surface area contributed by atoms with E-state index < -0.39 is 5.69 Å². The molecule has 0 bridgehead atoms. The van der Waals surface area contributed by atoms with Gasteiger partial charge in [0.2, 0.25) is 5.91 Å². The van der Waals surface area contributed by atoms with Crippen molar-refractivity contribution in [3.63, 3.8) is 0 Å². The molecule has 2 heterocycles. The maximum absolute atomic E-state index is 12.8. The molecule has 2 aromatic heterocycles. The monoisotopic (exact) mass is 433 g/mol. The predicted molar refractivity (Wildman–Crippen MR) is 119 cm³/mol. The molecule has 2 aromatic carbocycles. The number of aromatic nitrogens is 4. The van der Waals surface area contributed by atoms with Crippen molar-refractivity contribution in [3.8, 4) is 22.8 Å². The van der Waals surface area contributed by atoms with Crippen LogP contribution in [0, 0.1) is 6.92 Å². The Morgan fingerprint density at radius 2 is 1.78 bits per heavy atom. The third kappa shape index (κ3) is 4.31. The van der Waals surface area contributed by atoms with Crippen LogP contribution < -0.4 is 20.5 Å². The van der Waals surface area contributed by atoms with Crippen molar-refractivity contribution >= 4 is 11.6 Å². The first kappa shape index (κ1) is 21.1. The van der Waals surface area contributed by atoms with Gasteiger partial charge in [-0.05, 0) is 48.9 Å². The molecule has 0 fully saturated rings. The normalized spacial score (nSPS) is 10.8. The van der Waals surface area contributed by atoms with Crippen molar-refractivity contribution in [2.45, 2.75) is 20.0 Å². The van der Waals surface area contributed by atoms with Crippen LogP contribution in [0.5, 0.6) is 11.5 Å². The summed E-state index contributed by atoms with van der Waals surface area (Å²) < 4.78 is 12.9. The van der Waals surface area contributed by atoms with Crippen LogP contribution in [0.25, 0.3) is 16.9 Å². The van der Waals surface area contributed by atoms with Gasteiger partial charge in [-0.15, -0.1) is 5.10 Å². The molecule has 4 aromatic rings. The lowest BCUT2D eigenvalue weighted by molar-refractivity contribution is -0.122. The summed E-state index contributed by atoms with van der Waals surface area (Å²) >= 11 is 0. The number of ether oxygens (including phenoxy) is 2. The maximum Gasteiger partial charge on any atom is 0.352 e. The average molecular weight is 433 g/mol. The molecule has 9 nitrogen and oxygen atoms in total. The molecule has 1 N–H and O–H groups in total. The van der Waals surface area contributed by atoms with Gasteiger partial charge in [0.15, 0.2) is 5.65 Å². The highest BCUT2D eigenvalue weighted by Crippen LogP contribution is 2.21. The fourth-order valence-electron chi connectivity index (χ4n) is 3.39. The summed E-state index contributed by atoms with van der Waals surface area (Å²) in [5.41, 5.74) is 2.45. The number of nitrogens with one attached hydrogen (secondary N) is 1. The Bertz CT molecular complexity index is 1320. The molecule has 0 aliphatic carbocycles. The van der Waals surface area contributed by atoms with E-state index in [1.165, 1.54) is 4.40 Å². The molecule has 0 aliphatic rings. The van der Waals surface area contributed by atoms with Gasteiger partial charge in [-0.3, -0.25) is 4.79 Å². The molecular formula is C23H23N5O4. The fourth-order valence-corrected chi connectivity index (χ4v) is 3.39. The molecular weight excluding hydrogens is 410 g/mol. The van der Waals surface area contributed by atoms with Gasteiger partial charge >= 0.3 is 5.69 Å². The lowest BCUT2D eigenvalue weighted by atomic mass is 10.1. The quantitative estimate of drug-likeness (QED) is 0.480. The van der Waals surface area contributed by atoms with Crippen molar-refractivity contribution in [2.24, 2.45) is 0 Å². The molecule has 0 saturated carbocycles. The van der Waals surface area contributed by atoms with E-state index >= 15 is 0 Å². The minimum Gasteiger partial charge on any atom is -0.497 e. The standard InChI is InChI=1S/C23H23N5O4/c1-15-25-20(17-7-9-18(31-2)10-8-17)12-21-26-27(23(30)28(15)21)14-22(29)24-13-16-5-4-6-19(11-16)32-3/h4-12H,13-14H2,1-3H3,(H,24,29). The van der Waals surface area contributed by atoms with Crippen molar-refractivity contribution < 1.29 is 14.3 Å². The minimum absolute atomic E-state index is 0.193. The van der Waals surface area contributed by atoms with Crippen molar-refractivity contribution in [1.29, 1.82) is 0 Å². The first-order valence-electron chi connectivity index (χ1n) is 10.00. The van der Waals surface area contributed by atoms with Gasteiger partial charge in [-0.2, -0.15) is 0 Å². The van der Waals surface area contributed by atoms with Crippen molar-refractivity contribution in [3.05, 3.63) is 76.5 Å². The van der Waals surface area contributed by atoms with Crippen molar-refractivity contribution in [1.82, 2.24) is 24.5 Å². The number of methoxy groups -OCH3 is 2. The van der Waals surface area contributed by atoms with Gasteiger partial charge in [0.25, 0.3) is 0 Å². The molecule has 0 atom stereocenters. The molecule has 1 amide bonds. The lowest BCUT2D eigenvalue weighted by Crippen LogP contribution is -2.32. The van der Waals surface area contributed by atoms with Crippen molar-refractivity contribution in [2.75, 3.05) is 14.2 Å². The van der Waals surface area contributed by atoms with Crippen LogP contribution in [0.1, 0.15) is 11.4 Å². The number of amides is 1. The number of nitrogens with zero attached hydrogens (tertiary/aromatic N) is 4. The number of hydrogen-bond acceptors (Lipinski definition) is 6. The number of carbonyl (C=O) groups is 1. The Morgan fingerprint density at radius 1 is 1.03 bits per heavy atom. The second-order valence-electron chi connectivity index (χ2n) is 7.18. The SMILES string of the molecule is COc1ccc(-c2cc3nn(CC(=O)NCc4cccc(OC)c4)c(=O)n3c(C)n2)cc1. The summed E-state index contributed by atoms with van der Waals surface area (Å²) in [6.45, 7) is 1.86. The smallest absolute Gasteiger partial charge is 0.352 e. The van der Waals surface area contributed by atoms with Crippen LogP contribution in [0.4, 0.5) is 0 Å².